The number of ketones is 1. The highest BCUT2D eigenvalue weighted by atomic mass is 79.9. The summed E-state index contributed by atoms with van der Waals surface area (Å²) in [4.78, 5) is 11.4. The predicted octanol–water partition coefficient (Wildman–Crippen LogP) is 4.88. The van der Waals surface area contributed by atoms with Gasteiger partial charge in [0.1, 0.15) is 12.4 Å². The van der Waals surface area contributed by atoms with Crippen molar-refractivity contribution < 1.29 is 9.53 Å². The lowest BCUT2D eigenvalue weighted by Crippen LogP contribution is -1.99. The minimum Gasteiger partial charge on any atom is -0.487 e. The second-order valence-electron chi connectivity index (χ2n) is 4.07. The molecule has 0 spiro atoms. The van der Waals surface area contributed by atoms with Crippen molar-refractivity contribution in [2.75, 3.05) is 0 Å². The standard InChI is InChI=1S/C15H12BrClO2/c1-10(18)12-7-8-13(15(17)14(12)16)19-9-11-5-3-2-4-6-11/h2-8H,9H2,1H3. The van der Waals surface area contributed by atoms with Gasteiger partial charge in [0.15, 0.2) is 5.78 Å². The third-order valence-electron chi connectivity index (χ3n) is 2.66. The third-order valence-corrected chi connectivity index (χ3v) is 4.09. The van der Waals surface area contributed by atoms with Crippen LogP contribution >= 0.6 is 27.5 Å². The molecule has 0 aliphatic heterocycles. The number of rotatable bonds is 4. The van der Waals surface area contributed by atoms with Gasteiger partial charge in [-0.15, -0.1) is 0 Å². The summed E-state index contributed by atoms with van der Waals surface area (Å²) in [6, 6.07) is 13.2. The van der Waals surface area contributed by atoms with Gasteiger partial charge in [-0.25, -0.2) is 0 Å². The van der Waals surface area contributed by atoms with E-state index in [1.165, 1.54) is 6.92 Å². The van der Waals surface area contributed by atoms with Gasteiger partial charge in [-0.2, -0.15) is 0 Å². The summed E-state index contributed by atoms with van der Waals surface area (Å²) in [6.07, 6.45) is 0. The van der Waals surface area contributed by atoms with Crippen LogP contribution in [0.2, 0.25) is 5.02 Å². The summed E-state index contributed by atoms with van der Waals surface area (Å²) in [5.41, 5.74) is 1.61. The monoisotopic (exact) mass is 338 g/mol. The highest BCUT2D eigenvalue weighted by Gasteiger charge is 2.13. The molecule has 98 valence electrons. The average molecular weight is 340 g/mol. The van der Waals surface area contributed by atoms with Crippen LogP contribution in [0.3, 0.4) is 0 Å². The minimum absolute atomic E-state index is 0.0385. The van der Waals surface area contributed by atoms with Crippen LogP contribution in [0, 0.1) is 0 Å². The summed E-state index contributed by atoms with van der Waals surface area (Å²) in [5, 5.41) is 0.420. The molecule has 0 radical (unpaired) electrons. The Labute approximate surface area is 125 Å². The Morgan fingerprint density at radius 1 is 1.21 bits per heavy atom. The van der Waals surface area contributed by atoms with Crippen LogP contribution < -0.4 is 4.74 Å². The molecule has 2 nitrogen and oxygen atoms in total. The maximum Gasteiger partial charge on any atom is 0.160 e. The van der Waals surface area contributed by atoms with Gasteiger partial charge in [0.25, 0.3) is 0 Å². The lowest BCUT2D eigenvalue weighted by atomic mass is 10.1. The van der Waals surface area contributed by atoms with Crippen molar-refractivity contribution in [2.45, 2.75) is 13.5 Å². The fourth-order valence-electron chi connectivity index (χ4n) is 1.65. The molecule has 0 bridgehead atoms. The van der Waals surface area contributed by atoms with Crippen LogP contribution in [-0.2, 0) is 6.61 Å². The summed E-state index contributed by atoms with van der Waals surface area (Å²) < 4.78 is 6.24. The third kappa shape index (κ3) is 3.37. The predicted molar refractivity (Wildman–Crippen MR) is 79.9 cm³/mol. The molecule has 0 atom stereocenters. The van der Waals surface area contributed by atoms with Crippen molar-refractivity contribution >= 4 is 33.3 Å². The van der Waals surface area contributed by atoms with E-state index < -0.39 is 0 Å². The minimum atomic E-state index is -0.0385. The maximum atomic E-state index is 11.4. The van der Waals surface area contributed by atoms with Gasteiger partial charge in [0.2, 0.25) is 0 Å². The molecule has 19 heavy (non-hydrogen) atoms. The molecule has 0 unspecified atom stereocenters. The van der Waals surface area contributed by atoms with E-state index in [4.69, 9.17) is 16.3 Å². The molecule has 0 fully saturated rings. The van der Waals surface area contributed by atoms with Gasteiger partial charge >= 0.3 is 0 Å². The normalized spacial score (nSPS) is 10.3. The summed E-state index contributed by atoms with van der Waals surface area (Å²) >= 11 is 9.51. The van der Waals surface area contributed by atoms with Crippen molar-refractivity contribution in [3.05, 3.63) is 63.1 Å². The lowest BCUT2D eigenvalue weighted by molar-refractivity contribution is 0.101. The second kappa shape index (κ2) is 6.22. The van der Waals surface area contributed by atoms with Crippen molar-refractivity contribution in [3.8, 4) is 5.75 Å². The highest BCUT2D eigenvalue weighted by molar-refractivity contribution is 9.10. The number of benzene rings is 2. The van der Waals surface area contributed by atoms with Gasteiger partial charge in [-0.1, -0.05) is 41.9 Å². The number of ether oxygens (including phenoxy) is 1. The van der Waals surface area contributed by atoms with E-state index in [-0.39, 0.29) is 5.78 Å². The first kappa shape index (κ1) is 14.1. The molecule has 2 aromatic rings. The zero-order valence-corrected chi connectivity index (χ0v) is 12.7. The molecule has 0 aliphatic rings. The fraction of sp³-hybridized carbons (Fsp3) is 0.133. The Morgan fingerprint density at radius 2 is 1.89 bits per heavy atom. The van der Waals surface area contributed by atoms with Gasteiger partial charge in [-0.3, -0.25) is 4.79 Å². The Hall–Kier alpha value is -1.32. The largest absolute Gasteiger partial charge is 0.487 e. The number of halogens is 2. The van der Waals surface area contributed by atoms with Crippen LogP contribution in [0.5, 0.6) is 5.75 Å². The summed E-state index contributed by atoms with van der Waals surface area (Å²) in [5.74, 6) is 0.519. The van der Waals surface area contributed by atoms with E-state index in [9.17, 15) is 4.79 Å². The number of hydrogen-bond donors (Lipinski definition) is 0. The molecule has 0 aromatic heterocycles. The van der Waals surface area contributed by atoms with Crippen LogP contribution in [0.1, 0.15) is 22.8 Å². The van der Waals surface area contributed by atoms with Crippen molar-refractivity contribution in [2.24, 2.45) is 0 Å². The van der Waals surface area contributed by atoms with E-state index in [0.29, 0.717) is 27.4 Å². The molecule has 0 aliphatic carbocycles. The Kier molecular flexibility index (Phi) is 4.61. The molecule has 0 N–H and O–H groups in total. The summed E-state index contributed by atoms with van der Waals surface area (Å²) in [6.45, 7) is 1.94. The van der Waals surface area contributed by atoms with E-state index in [1.54, 1.807) is 12.1 Å². The van der Waals surface area contributed by atoms with Crippen molar-refractivity contribution in [3.63, 3.8) is 0 Å². The molecule has 4 heteroatoms. The first-order valence-electron chi connectivity index (χ1n) is 5.75. The van der Waals surface area contributed by atoms with Gasteiger partial charge in [-0.05, 0) is 40.5 Å². The number of Topliss-reactive ketones (excluding diaryl/α,β-unsaturated/α-hetero) is 1. The molecule has 0 amide bonds. The topological polar surface area (TPSA) is 26.3 Å². The molecular formula is C15H12BrClO2. The van der Waals surface area contributed by atoms with E-state index in [0.717, 1.165) is 5.56 Å². The molecular weight excluding hydrogens is 328 g/mol. The maximum absolute atomic E-state index is 11.4. The highest BCUT2D eigenvalue weighted by Crippen LogP contribution is 2.35. The van der Waals surface area contributed by atoms with Crippen LogP contribution in [0.15, 0.2) is 46.9 Å². The molecule has 0 saturated carbocycles. The number of carbonyl (C=O) groups is 1. The second-order valence-corrected chi connectivity index (χ2v) is 5.24. The molecule has 0 saturated heterocycles. The van der Waals surface area contributed by atoms with E-state index in [1.807, 2.05) is 30.3 Å². The van der Waals surface area contributed by atoms with Crippen LogP contribution in [0.4, 0.5) is 0 Å². The average Bonchev–Trinajstić information content (AvgIpc) is 2.41. The molecule has 2 aromatic carbocycles. The van der Waals surface area contributed by atoms with E-state index >= 15 is 0 Å². The fourth-order valence-corrected chi connectivity index (χ4v) is 2.48. The van der Waals surface area contributed by atoms with Crippen LogP contribution in [-0.4, -0.2) is 5.78 Å². The first-order valence-corrected chi connectivity index (χ1v) is 6.92. The lowest BCUT2D eigenvalue weighted by Gasteiger charge is -2.11. The number of carbonyl (C=O) groups excluding carboxylic acids is 1. The zero-order valence-electron chi connectivity index (χ0n) is 10.3. The summed E-state index contributed by atoms with van der Waals surface area (Å²) in [7, 11) is 0. The quantitative estimate of drug-likeness (QED) is 0.742. The zero-order chi connectivity index (χ0) is 13.8. The molecule has 0 heterocycles. The molecule has 2 rings (SSSR count). The van der Waals surface area contributed by atoms with Crippen molar-refractivity contribution in [1.29, 1.82) is 0 Å². The Morgan fingerprint density at radius 3 is 2.53 bits per heavy atom. The smallest absolute Gasteiger partial charge is 0.160 e. The first-order chi connectivity index (χ1) is 9.09. The van der Waals surface area contributed by atoms with Gasteiger partial charge in [0, 0.05) is 5.56 Å². The van der Waals surface area contributed by atoms with Gasteiger partial charge in [0.05, 0.1) is 9.50 Å². The van der Waals surface area contributed by atoms with Crippen molar-refractivity contribution in [1.82, 2.24) is 0 Å². The Bertz CT molecular complexity index is 597. The van der Waals surface area contributed by atoms with Crippen LogP contribution in [0.25, 0.3) is 0 Å². The number of hydrogen-bond acceptors (Lipinski definition) is 2. The Balaban J connectivity index is 2.18. The SMILES string of the molecule is CC(=O)c1ccc(OCc2ccccc2)c(Cl)c1Br. The van der Waals surface area contributed by atoms with E-state index in [2.05, 4.69) is 15.9 Å². The van der Waals surface area contributed by atoms with Gasteiger partial charge < -0.3 is 4.74 Å².